The number of hydrogen-bond donors (Lipinski definition) is 1. The lowest BCUT2D eigenvalue weighted by Gasteiger charge is -2.24. The maximum Gasteiger partial charge on any atom is 0.264 e. The molecule has 0 saturated carbocycles. The number of amides is 1. The summed E-state index contributed by atoms with van der Waals surface area (Å²) >= 11 is 1.66. The van der Waals surface area contributed by atoms with Crippen molar-refractivity contribution in [3.8, 4) is 5.75 Å². The maximum atomic E-state index is 13.5. The van der Waals surface area contributed by atoms with E-state index in [2.05, 4.69) is 5.32 Å². The van der Waals surface area contributed by atoms with Crippen LogP contribution in [0.1, 0.15) is 18.9 Å². The Labute approximate surface area is 214 Å². The van der Waals surface area contributed by atoms with Crippen LogP contribution in [0.3, 0.4) is 0 Å². The molecule has 0 saturated heterocycles. The van der Waals surface area contributed by atoms with Gasteiger partial charge in [0.2, 0.25) is 5.91 Å². The first-order valence-corrected chi connectivity index (χ1v) is 14.0. The van der Waals surface area contributed by atoms with Crippen molar-refractivity contribution in [2.24, 2.45) is 0 Å². The van der Waals surface area contributed by atoms with Crippen molar-refractivity contribution >= 4 is 33.4 Å². The lowest BCUT2D eigenvalue weighted by Crippen LogP contribution is -2.41. The van der Waals surface area contributed by atoms with Crippen LogP contribution in [-0.4, -0.2) is 39.8 Å². The lowest BCUT2D eigenvalue weighted by molar-refractivity contribution is -0.119. The molecule has 0 spiro atoms. The molecule has 0 aliphatic rings. The van der Waals surface area contributed by atoms with Crippen molar-refractivity contribution in [3.05, 3.63) is 90.0 Å². The number of nitrogens with one attached hydrogen (secondary N) is 1. The summed E-state index contributed by atoms with van der Waals surface area (Å²) in [6.45, 7) is 2.18. The Kier molecular flexibility index (Phi) is 10.1. The summed E-state index contributed by atoms with van der Waals surface area (Å²) in [6, 6.07) is 17.2. The third-order valence-corrected chi connectivity index (χ3v) is 8.00. The molecule has 192 valence electrons. The number of thioether (sulfide) groups is 1. The first-order valence-electron chi connectivity index (χ1n) is 11.4. The van der Waals surface area contributed by atoms with Gasteiger partial charge in [0, 0.05) is 12.3 Å². The van der Waals surface area contributed by atoms with Crippen LogP contribution < -0.4 is 14.4 Å². The summed E-state index contributed by atoms with van der Waals surface area (Å²) in [7, 11) is -4.10. The fraction of sp³-hybridized carbons (Fsp3) is 0.269. The van der Waals surface area contributed by atoms with Crippen molar-refractivity contribution in [3.63, 3.8) is 0 Å². The molecule has 36 heavy (non-hydrogen) atoms. The van der Waals surface area contributed by atoms with Crippen LogP contribution in [0.25, 0.3) is 0 Å². The number of rotatable bonds is 13. The number of sulfonamides is 1. The molecule has 3 aromatic carbocycles. The zero-order chi connectivity index (χ0) is 26.0. The highest BCUT2D eigenvalue weighted by Gasteiger charge is 2.27. The van der Waals surface area contributed by atoms with Crippen LogP contribution in [0.5, 0.6) is 5.75 Å². The van der Waals surface area contributed by atoms with Gasteiger partial charge in [-0.15, -0.1) is 0 Å². The van der Waals surface area contributed by atoms with Gasteiger partial charge in [-0.3, -0.25) is 9.10 Å². The molecule has 0 aliphatic carbocycles. The second-order valence-corrected chi connectivity index (χ2v) is 10.7. The second-order valence-electron chi connectivity index (χ2n) is 7.78. The van der Waals surface area contributed by atoms with Gasteiger partial charge in [-0.1, -0.05) is 12.1 Å². The molecule has 0 unspecified atom stereocenters. The van der Waals surface area contributed by atoms with E-state index in [9.17, 15) is 22.0 Å². The van der Waals surface area contributed by atoms with E-state index in [0.29, 0.717) is 25.3 Å². The minimum atomic E-state index is -4.10. The van der Waals surface area contributed by atoms with Crippen LogP contribution in [-0.2, 0) is 20.6 Å². The van der Waals surface area contributed by atoms with E-state index in [4.69, 9.17) is 4.74 Å². The summed E-state index contributed by atoms with van der Waals surface area (Å²) in [5.41, 5.74) is 1.19. The van der Waals surface area contributed by atoms with Crippen molar-refractivity contribution < 1.29 is 26.7 Å². The molecule has 3 rings (SSSR count). The highest BCUT2D eigenvalue weighted by Crippen LogP contribution is 2.25. The smallest absolute Gasteiger partial charge is 0.264 e. The second kappa shape index (κ2) is 13.3. The number of carbonyl (C=O) groups is 1. The highest BCUT2D eigenvalue weighted by atomic mass is 32.2. The summed E-state index contributed by atoms with van der Waals surface area (Å²) in [6.07, 6.45) is 0.680. The molecule has 10 heteroatoms. The largest absolute Gasteiger partial charge is 0.494 e. The lowest BCUT2D eigenvalue weighted by atomic mass is 10.2. The molecule has 0 radical (unpaired) electrons. The zero-order valence-corrected chi connectivity index (χ0v) is 21.5. The normalized spacial score (nSPS) is 11.2. The van der Waals surface area contributed by atoms with Crippen LogP contribution in [0.15, 0.2) is 77.7 Å². The van der Waals surface area contributed by atoms with Crippen LogP contribution in [0, 0.1) is 11.6 Å². The Morgan fingerprint density at radius 1 is 0.944 bits per heavy atom. The molecular weight excluding hydrogens is 506 g/mol. The number of ether oxygens (including phenoxy) is 1. The Balaban J connectivity index is 1.59. The summed E-state index contributed by atoms with van der Waals surface area (Å²) in [5.74, 6) is 0.763. The Morgan fingerprint density at radius 2 is 1.56 bits per heavy atom. The van der Waals surface area contributed by atoms with E-state index >= 15 is 0 Å². The third-order valence-electron chi connectivity index (χ3n) is 5.09. The van der Waals surface area contributed by atoms with Crippen molar-refractivity contribution in [2.45, 2.75) is 24.0 Å². The molecule has 0 aromatic heterocycles. The van der Waals surface area contributed by atoms with Crippen molar-refractivity contribution in [2.75, 3.05) is 29.8 Å². The molecule has 0 bridgehead atoms. The first-order chi connectivity index (χ1) is 17.3. The summed E-state index contributed by atoms with van der Waals surface area (Å²) in [5, 5.41) is 2.75. The van der Waals surface area contributed by atoms with Gasteiger partial charge in [0.1, 0.15) is 23.9 Å². The molecule has 0 aliphatic heterocycles. The van der Waals surface area contributed by atoms with Gasteiger partial charge < -0.3 is 10.1 Å². The summed E-state index contributed by atoms with van der Waals surface area (Å²) in [4.78, 5) is 12.6. The number of hydrogen-bond acceptors (Lipinski definition) is 5. The first kappa shape index (κ1) is 27.5. The van der Waals surface area contributed by atoms with E-state index in [1.165, 1.54) is 36.4 Å². The van der Waals surface area contributed by atoms with E-state index in [1.807, 2.05) is 6.92 Å². The third kappa shape index (κ3) is 7.96. The van der Waals surface area contributed by atoms with E-state index in [1.54, 1.807) is 36.0 Å². The monoisotopic (exact) mass is 534 g/mol. The summed E-state index contributed by atoms with van der Waals surface area (Å²) < 4.78 is 59.5. The standard InChI is InChI=1S/C26H28F2N2O4S2/c1-2-34-24-12-14-25(15-13-24)36(32,33)30(23-10-8-22(28)9-11-23)18-26(31)29-16-3-17-35-19-20-4-6-21(27)7-5-20/h4-15H,2-3,16-19H2,1H3,(H,29,31). The Morgan fingerprint density at radius 3 is 2.17 bits per heavy atom. The van der Waals surface area contributed by atoms with Crippen molar-refractivity contribution in [1.29, 1.82) is 0 Å². The van der Waals surface area contributed by atoms with Gasteiger partial charge in [0.15, 0.2) is 0 Å². The van der Waals surface area contributed by atoms with E-state index in [-0.39, 0.29) is 16.4 Å². The van der Waals surface area contributed by atoms with Gasteiger partial charge in [-0.05, 0) is 85.3 Å². The molecular formula is C26H28F2N2O4S2. The topological polar surface area (TPSA) is 75.7 Å². The Hall–Kier alpha value is -3.11. The zero-order valence-electron chi connectivity index (χ0n) is 19.8. The highest BCUT2D eigenvalue weighted by molar-refractivity contribution is 7.98. The molecule has 1 N–H and O–H groups in total. The molecule has 0 atom stereocenters. The fourth-order valence-electron chi connectivity index (χ4n) is 3.28. The SMILES string of the molecule is CCOc1ccc(S(=O)(=O)N(CC(=O)NCCCSCc2ccc(F)cc2)c2ccc(F)cc2)cc1. The maximum absolute atomic E-state index is 13.5. The van der Waals surface area contributed by atoms with Gasteiger partial charge in [0.05, 0.1) is 17.2 Å². The van der Waals surface area contributed by atoms with Gasteiger partial charge in [0.25, 0.3) is 10.0 Å². The number of carbonyl (C=O) groups excluding carboxylic acids is 1. The molecule has 0 heterocycles. The minimum Gasteiger partial charge on any atom is -0.494 e. The van der Waals surface area contributed by atoms with Gasteiger partial charge in [-0.25, -0.2) is 17.2 Å². The van der Waals surface area contributed by atoms with Crippen LogP contribution in [0.4, 0.5) is 14.5 Å². The predicted octanol–water partition coefficient (Wildman–Crippen LogP) is 5.00. The van der Waals surface area contributed by atoms with E-state index < -0.39 is 28.3 Å². The average Bonchev–Trinajstić information content (AvgIpc) is 2.87. The number of benzene rings is 3. The molecule has 0 fully saturated rings. The number of anilines is 1. The minimum absolute atomic E-state index is 0.0136. The Bertz CT molecular complexity index is 1220. The number of nitrogens with zero attached hydrogens (tertiary/aromatic N) is 1. The van der Waals surface area contributed by atoms with E-state index in [0.717, 1.165) is 33.5 Å². The number of halogens is 2. The molecule has 3 aromatic rings. The van der Waals surface area contributed by atoms with Gasteiger partial charge >= 0.3 is 0 Å². The quantitative estimate of drug-likeness (QED) is 0.313. The fourth-order valence-corrected chi connectivity index (χ4v) is 5.63. The van der Waals surface area contributed by atoms with Crippen LogP contribution in [0.2, 0.25) is 0 Å². The average molecular weight is 535 g/mol. The molecule has 6 nitrogen and oxygen atoms in total. The van der Waals surface area contributed by atoms with Crippen LogP contribution >= 0.6 is 11.8 Å². The molecule has 1 amide bonds. The van der Waals surface area contributed by atoms with Crippen molar-refractivity contribution in [1.82, 2.24) is 5.32 Å². The van der Waals surface area contributed by atoms with Gasteiger partial charge in [-0.2, -0.15) is 11.8 Å². The predicted molar refractivity (Wildman–Crippen MR) is 139 cm³/mol.